The Hall–Kier alpha value is -0.590. The summed E-state index contributed by atoms with van der Waals surface area (Å²) in [4.78, 5) is 13.9. The Morgan fingerprint density at radius 3 is 2.35 bits per heavy atom. The molecule has 0 saturated heterocycles. The predicted octanol–water partition coefficient (Wildman–Crippen LogP) is 3.64. The van der Waals surface area contributed by atoms with Gasteiger partial charge in [-0.2, -0.15) is 0 Å². The van der Waals surface area contributed by atoms with Gasteiger partial charge in [-0.3, -0.25) is 4.79 Å². The fraction of sp³-hybridized carbons (Fsp3) is 0.462. The number of hydrogen-bond acceptors (Lipinski definition) is 3. The Bertz CT molecular complexity index is 629. The molecule has 1 amide bonds. The van der Waals surface area contributed by atoms with E-state index in [1.165, 1.54) is 12.1 Å². The highest BCUT2D eigenvalue weighted by Crippen LogP contribution is 2.25. The van der Waals surface area contributed by atoms with E-state index in [0.29, 0.717) is 4.47 Å². The number of amides is 1. The van der Waals surface area contributed by atoms with Crippen molar-refractivity contribution in [3.05, 3.63) is 28.2 Å². The SMILES string of the molecule is CCC(C)(C)N(C)C(=O)c1cc(Br)cc(S(=O)(=O)Cl)c1. The van der Waals surface area contributed by atoms with Crippen molar-refractivity contribution < 1.29 is 13.2 Å². The van der Waals surface area contributed by atoms with Crippen molar-refractivity contribution in [2.24, 2.45) is 0 Å². The van der Waals surface area contributed by atoms with Crippen LogP contribution < -0.4 is 0 Å². The van der Waals surface area contributed by atoms with E-state index in [0.717, 1.165) is 6.42 Å². The van der Waals surface area contributed by atoms with E-state index >= 15 is 0 Å². The van der Waals surface area contributed by atoms with Crippen LogP contribution in [0.4, 0.5) is 0 Å². The van der Waals surface area contributed by atoms with Gasteiger partial charge in [0, 0.05) is 33.3 Å². The highest BCUT2D eigenvalue weighted by Gasteiger charge is 2.27. The van der Waals surface area contributed by atoms with Crippen LogP contribution in [0.5, 0.6) is 0 Å². The smallest absolute Gasteiger partial charge is 0.261 e. The van der Waals surface area contributed by atoms with E-state index in [1.54, 1.807) is 18.0 Å². The molecule has 0 atom stereocenters. The molecule has 20 heavy (non-hydrogen) atoms. The summed E-state index contributed by atoms with van der Waals surface area (Å²) in [5, 5.41) is 0. The Morgan fingerprint density at radius 1 is 1.35 bits per heavy atom. The first kappa shape index (κ1) is 17.5. The molecule has 0 aliphatic carbocycles. The van der Waals surface area contributed by atoms with Gasteiger partial charge in [0.2, 0.25) is 0 Å². The van der Waals surface area contributed by atoms with Gasteiger partial charge < -0.3 is 4.90 Å². The standard InChI is InChI=1S/C13H17BrClNO3S/c1-5-13(2,3)16(4)12(17)9-6-10(14)8-11(7-9)20(15,18)19/h6-8H,5H2,1-4H3. The normalized spacial score (nSPS) is 12.3. The maximum atomic E-state index is 12.4. The third-order valence-electron chi connectivity index (χ3n) is 3.48. The third-order valence-corrected chi connectivity index (χ3v) is 5.27. The Balaban J connectivity index is 3.28. The quantitative estimate of drug-likeness (QED) is 0.747. The molecule has 0 aliphatic rings. The van der Waals surface area contributed by atoms with Crippen LogP contribution in [0.2, 0.25) is 0 Å². The molecule has 4 nitrogen and oxygen atoms in total. The van der Waals surface area contributed by atoms with Crippen LogP contribution in [0.3, 0.4) is 0 Å². The number of carbonyl (C=O) groups excluding carboxylic acids is 1. The van der Waals surface area contributed by atoms with Gasteiger partial charge in [-0.05, 0) is 38.5 Å². The van der Waals surface area contributed by atoms with E-state index in [9.17, 15) is 13.2 Å². The first-order valence-corrected chi connectivity index (χ1v) is 9.12. The van der Waals surface area contributed by atoms with Gasteiger partial charge in [-0.1, -0.05) is 22.9 Å². The van der Waals surface area contributed by atoms with Gasteiger partial charge in [0.15, 0.2) is 0 Å². The predicted molar refractivity (Wildman–Crippen MR) is 83.6 cm³/mol. The average Bonchev–Trinajstić information content (AvgIpc) is 2.35. The molecule has 112 valence electrons. The fourth-order valence-corrected chi connectivity index (χ4v) is 2.98. The molecule has 0 spiro atoms. The number of nitrogens with zero attached hydrogens (tertiary/aromatic N) is 1. The lowest BCUT2D eigenvalue weighted by molar-refractivity contribution is 0.0620. The lowest BCUT2D eigenvalue weighted by Crippen LogP contribution is -2.44. The summed E-state index contributed by atoms with van der Waals surface area (Å²) < 4.78 is 23.3. The molecular formula is C13H17BrClNO3S. The van der Waals surface area contributed by atoms with Crippen LogP contribution in [-0.4, -0.2) is 31.8 Å². The Labute approximate surface area is 132 Å². The lowest BCUT2D eigenvalue weighted by atomic mass is 9.99. The van der Waals surface area contributed by atoms with Crippen LogP contribution >= 0.6 is 26.6 Å². The number of carbonyl (C=O) groups is 1. The van der Waals surface area contributed by atoms with Crippen molar-refractivity contribution in [2.45, 2.75) is 37.6 Å². The lowest BCUT2D eigenvalue weighted by Gasteiger charge is -2.35. The molecular weight excluding hydrogens is 366 g/mol. The molecule has 0 radical (unpaired) electrons. The van der Waals surface area contributed by atoms with Crippen LogP contribution in [-0.2, 0) is 9.05 Å². The van der Waals surface area contributed by atoms with Crippen molar-refractivity contribution in [1.29, 1.82) is 0 Å². The molecule has 0 aromatic heterocycles. The molecule has 0 bridgehead atoms. The van der Waals surface area contributed by atoms with Gasteiger partial charge in [-0.25, -0.2) is 8.42 Å². The highest BCUT2D eigenvalue weighted by atomic mass is 79.9. The zero-order chi connectivity index (χ0) is 15.7. The van der Waals surface area contributed by atoms with Gasteiger partial charge >= 0.3 is 0 Å². The number of rotatable bonds is 4. The summed E-state index contributed by atoms with van der Waals surface area (Å²) in [5.41, 5.74) is -0.0398. The average molecular weight is 383 g/mol. The molecule has 0 saturated carbocycles. The highest BCUT2D eigenvalue weighted by molar-refractivity contribution is 9.10. The van der Waals surface area contributed by atoms with E-state index in [-0.39, 0.29) is 21.9 Å². The molecule has 0 aliphatic heterocycles. The fourth-order valence-electron chi connectivity index (χ4n) is 1.53. The maximum Gasteiger partial charge on any atom is 0.261 e. The largest absolute Gasteiger partial charge is 0.337 e. The summed E-state index contributed by atoms with van der Waals surface area (Å²) >= 11 is 3.20. The molecule has 0 unspecified atom stereocenters. The van der Waals surface area contributed by atoms with Crippen LogP contribution in [0.1, 0.15) is 37.6 Å². The summed E-state index contributed by atoms with van der Waals surface area (Å²) in [6, 6.07) is 4.23. The molecule has 0 N–H and O–H groups in total. The minimum atomic E-state index is -3.88. The maximum absolute atomic E-state index is 12.4. The van der Waals surface area contributed by atoms with Gasteiger partial charge in [0.25, 0.3) is 15.0 Å². The van der Waals surface area contributed by atoms with E-state index in [2.05, 4.69) is 15.9 Å². The monoisotopic (exact) mass is 381 g/mol. The van der Waals surface area contributed by atoms with Crippen molar-refractivity contribution in [1.82, 2.24) is 4.90 Å². The number of benzene rings is 1. The van der Waals surface area contributed by atoms with E-state index < -0.39 is 9.05 Å². The van der Waals surface area contributed by atoms with Gasteiger partial charge in [0.05, 0.1) is 4.90 Å². The zero-order valence-electron chi connectivity index (χ0n) is 11.8. The van der Waals surface area contributed by atoms with Crippen molar-refractivity contribution in [2.75, 3.05) is 7.05 Å². The van der Waals surface area contributed by atoms with E-state index in [4.69, 9.17) is 10.7 Å². The third kappa shape index (κ3) is 3.96. The van der Waals surface area contributed by atoms with Crippen LogP contribution in [0, 0.1) is 0 Å². The molecule has 1 aromatic rings. The summed E-state index contributed by atoms with van der Waals surface area (Å²) in [7, 11) is 3.15. The van der Waals surface area contributed by atoms with Crippen molar-refractivity contribution in [3.63, 3.8) is 0 Å². The molecule has 1 rings (SSSR count). The molecule has 0 fully saturated rings. The van der Waals surface area contributed by atoms with Gasteiger partial charge in [0.1, 0.15) is 0 Å². The van der Waals surface area contributed by atoms with Crippen LogP contribution in [0.15, 0.2) is 27.6 Å². The minimum absolute atomic E-state index is 0.0976. The second kappa shape index (κ2) is 6.03. The first-order valence-electron chi connectivity index (χ1n) is 6.02. The second-order valence-corrected chi connectivity index (χ2v) is 8.63. The van der Waals surface area contributed by atoms with Crippen molar-refractivity contribution in [3.8, 4) is 0 Å². The Morgan fingerprint density at radius 2 is 1.90 bits per heavy atom. The summed E-state index contributed by atoms with van der Waals surface area (Å²) in [5.74, 6) is -0.250. The van der Waals surface area contributed by atoms with Crippen LogP contribution in [0.25, 0.3) is 0 Å². The van der Waals surface area contributed by atoms with Gasteiger partial charge in [-0.15, -0.1) is 0 Å². The zero-order valence-corrected chi connectivity index (χ0v) is 14.9. The summed E-state index contributed by atoms with van der Waals surface area (Å²) in [6.45, 7) is 5.88. The molecule has 7 heteroatoms. The minimum Gasteiger partial charge on any atom is -0.337 e. The van der Waals surface area contributed by atoms with Crippen molar-refractivity contribution >= 4 is 41.6 Å². The topological polar surface area (TPSA) is 54.5 Å². The second-order valence-electron chi connectivity index (χ2n) is 5.14. The Kier molecular flexibility index (Phi) is 5.27. The number of halogens is 2. The summed E-state index contributed by atoms with van der Waals surface area (Å²) in [6.07, 6.45) is 0.782. The molecule has 1 aromatic carbocycles. The van der Waals surface area contributed by atoms with E-state index in [1.807, 2.05) is 20.8 Å². The first-order chi connectivity index (χ1) is 8.99. The number of hydrogen-bond donors (Lipinski definition) is 0. The molecule has 0 heterocycles.